The summed E-state index contributed by atoms with van der Waals surface area (Å²) < 4.78 is 22.6. The third-order valence-corrected chi connectivity index (χ3v) is 11.8. The zero-order valence-corrected chi connectivity index (χ0v) is 35.8. The molecule has 316 valence electrons. The van der Waals surface area contributed by atoms with Crippen molar-refractivity contribution in [3.05, 3.63) is 148 Å². The van der Waals surface area contributed by atoms with Gasteiger partial charge in [0, 0.05) is 18.1 Å². The van der Waals surface area contributed by atoms with Crippen LogP contribution in [0.1, 0.15) is 128 Å². The summed E-state index contributed by atoms with van der Waals surface area (Å²) in [5.74, 6) is 2.58. The van der Waals surface area contributed by atoms with E-state index >= 15 is 0 Å². The van der Waals surface area contributed by atoms with Gasteiger partial charge in [-0.2, -0.15) is 0 Å². The van der Waals surface area contributed by atoms with Gasteiger partial charge in [0.15, 0.2) is 0 Å². The molecule has 0 spiro atoms. The Morgan fingerprint density at radius 2 is 1.32 bits per heavy atom. The Morgan fingerprint density at radius 1 is 0.750 bits per heavy atom. The first kappa shape index (κ1) is 43.8. The van der Waals surface area contributed by atoms with Crippen LogP contribution in [0.5, 0.6) is 17.2 Å². The number of carbonyl (C=O) groups excluding carboxylic acids is 2. The minimum absolute atomic E-state index is 0.0152. The topological polar surface area (TPSA) is 95.1 Å². The number of fused-ring (bicyclic) bond motifs is 3. The third kappa shape index (κ3) is 11.5. The zero-order chi connectivity index (χ0) is 42.1. The number of carbonyl (C=O) groups is 2. The number of nitrogens with one attached hydrogen (secondary N) is 2. The van der Waals surface area contributed by atoms with Gasteiger partial charge in [-0.15, -0.1) is 0 Å². The lowest BCUT2D eigenvalue weighted by Crippen LogP contribution is -2.26. The lowest BCUT2D eigenvalue weighted by Gasteiger charge is -2.22. The van der Waals surface area contributed by atoms with Crippen molar-refractivity contribution in [2.75, 3.05) is 27.4 Å². The smallest absolute Gasteiger partial charge is 0.407 e. The molecule has 0 saturated heterocycles. The fraction of sp³-hybridized carbons (Fsp3) is 0.385. The van der Waals surface area contributed by atoms with E-state index in [1.807, 2.05) is 36.4 Å². The number of rotatable bonds is 16. The van der Waals surface area contributed by atoms with E-state index in [1.54, 1.807) is 14.2 Å². The lowest BCUT2D eigenvalue weighted by atomic mass is 9.85. The van der Waals surface area contributed by atoms with E-state index in [4.69, 9.17) is 18.9 Å². The number of alkyl carbamates (subject to hydrolysis) is 1. The molecule has 5 aromatic rings. The number of methoxy groups -OCH3 is 2. The van der Waals surface area contributed by atoms with Crippen LogP contribution in [0, 0.1) is 6.92 Å². The summed E-state index contributed by atoms with van der Waals surface area (Å²) in [7, 11) is 3.18. The van der Waals surface area contributed by atoms with Crippen molar-refractivity contribution in [2.24, 2.45) is 0 Å². The molecule has 1 unspecified atom stereocenters. The fourth-order valence-corrected chi connectivity index (χ4v) is 8.53. The average molecular weight is 811 g/mol. The molecule has 2 N–H and O–H groups in total. The summed E-state index contributed by atoms with van der Waals surface area (Å²) in [4.78, 5) is 23.7. The van der Waals surface area contributed by atoms with Gasteiger partial charge in [-0.3, -0.25) is 4.79 Å². The Hall–Kier alpha value is -5.76. The van der Waals surface area contributed by atoms with Crippen LogP contribution < -0.4 is 24.8 Å². The van der Waals surface area contributed by atoms with Crippen LogP contribution in [-0.2, 0) is 16.1 Å². The molecule has 0 radical (unpaired) electrons. The van der Waals surface area contributed by atoms with Crippen molar-refractivity contribution in [1.82, 2.24) is 10.6 Å². The Labute approximate surface area is 357 Å². The number of amides is 2. The molecule has 0 bridgehead atoms. The Morgan fingerprint density at radius 3 is 1.88 bits per heavy atom. The second-order valence-corrected chi connectivity index (χ2v) is 15.9. The molecule has 2 aliphatic carbocycles. The molecule has 1 fully saturated rings. The second kappa shape index (κ2) is 22.6. The second-order valence-electron chi connectivity index (χ2n) is 15.9. The molecular weight excluding hydrogens is 749 g/mol. The van der Waals surface area contributed by atoms with E-state index < -0.39 is 6.09 Å². The molecule has 2 aliphatic rings. The van der Waals surface area contributed by atoms with Gasteiger partial charge in [-0.1, -0.05) is 154 Å². The van der Waals surface area contributed by atoms with E-state index in [1.165, 1.54) is 78.3 Å². The van der Waals surface area contributed by atoms with E-state index in [0.29, 0.717) is 29.8 Å². The molecule has 8 heteroatoms. The van der Waals surface area contributed by atoms with Crippen LogP contribution in [0.25, 0.3) is 11.1 Å². The number of hydrogen-bond acceptors (Lipinski definition) is 6. The molecule has 0 aliphatic heterocycles. The van der Waals surface area contributed by atoms with Crippen molar-refractivity contribution >= 4 is 12.5 Å². The van der Waals surface area contributed by atoms with Gasteiger partial charge in [0.2, 0.25) is 6.41 Å². The summed E-state index contributed by atoms with van der Waals surface area (Å²) in [6, 6.07) is 37.4. The summed E-state index contributed by atoms with van der Waals surface area (Å²) >= 11 is 0. The van der Waals surface area contributed by atoms with Crippen molar-refractivity contribution in [3.8, 4) is 28.4 Å². The molecular formula is C52H62N2O6. The van der Waals surface area contributed by atoms with Gasteiger partial charge in [0.1, 0.15) is 23.9 Å². The van der Waals surface area contributed by atoms with Crippen molar-refractivity contribution in [1.29, 1.82) is 0 Å². The van der Waals surface area contributed by atoms with Gasteiger partial charge < -0.3 is 29.6 Å². The van der Waals surface area contributed by atoms with Crippen molar-refractivity contribution in [3.63, 3.8) is 0 Å². The SMILES string of the molecule is CCCCCOc1cc(OC)c(CNC(=O)OCC2c3ccccc3-c3ccccc32)c(OC)c1.Cc1ccc(C(NC=O)c2ccc(C3CCCCCCC3)cc2)cc1. The molecule has 2 amide bonds. The average Bonchev–Trinajstić information content (AvgIpc) is 3.59. The number of aryl methyl sites for hydroxylation is 1. The van der Waals surface area contributed by atoms with Gasteiger partial charge in [0.25, 0.3) is 0 Å². The summed E-state index contributed by atoms with van der Waals surface area (Å²) in [5.41, 5.74) is 10.4. The lowest BCUT2D eigenvalue weighted by molar-refractivity contribution is -0.110. The third-order valence-electron chi connectivity index (χ3n) is 11.8. The molecule has 5 aromatic carbocycles. The molecule has 0 aromatic heterocycles. The van der Waals surface area contributed by atoms with E-state index in [0.717, 1.165) is 42.4 Å². The Bertz CT molecular complexity index is 2040. The minimum atomic E-state index is -0.490. The molecule has 0 heterocycles. The summed E-state index contributed by atoms with van der Waals surface area (Å²) in [6.45, 7) is 5.34. The predicted octanol–water partition coefficient (Wildman–Crippen LogP) is 12.0. The van der Waals surface area contributed by atoms with E-state index in [9.17, 15) is 9.59 Å². The highest BCUT2D eigenvalue weighted by molar-refractivity contribution is 5.79. The van der Waals surface area contributed by atoms with Gasteiger partial charge in [-0.05, 0) is 71.0 Å². The first-order valence-electron chi connectivity index (χ1n) is 21.8. The number of unbranched alkanes of at least 4 members (excludes halogenated alkanes) is 2. The first-order valence-corrected chi connectivity index (χ1v) is 21.8. The number of hydrogen-bond donors (Lipinski definition) is 2. The highest BCUT2D eigenvalue weighted by atomic mass is 16.5. The van der Waals surface area contributed by atoms with Crippen LogP contribution in [0.2, 0.25) is 0 Å². The standard InChI is InChI=1S/C29H33NO5.C23H29NO/c1-4-5-10-15-34-20-16-27(32-2)25(28(17-20)33-3)18-30-29(31)35-19-26-23-13-8-6-11-21(23)22-12-7-9-14-24(22)26;1-18-9-11-21(12-10-18)23(24-17-25)22-15-13-20(14-16-22)19-7-5-3-2-4-6-8-19/h6-9,11-14,16-17,26H,4-5,10,15,18-19H2,1-3H3,(H,30,31);9-17,19,23H,2-8H2,1H3,(H,24,25). The van der Waals surface area contributed by atoms with Crippen molar-refractivity contribution < 1.29 is 28.5 Å². The van der Waals surface area contributed by atoms with Gasteiger partial charge >= 0.3 is 6.09 Å². The maximum absolute atomic E-state index is 12.6. The molecule has 1 atom stereocenters. The fourth-order valence-electron chi connectivity index (χ4n) is 8.53. The zero-order valence-electron chi connectivity index (χ0n) is 35.8. The van der Waals surface area contributed by atoms with Crippen LogP contribution in [0.15, 0.2) is 109 Å². The molecule has 1 saturated carbocycles. The number of ether oxygens (including phenoxy) is 4. The Kier molecular flexibility index (Phi) is 16.5. The molecule has 7 rings (SSSR count). The van der Waals surface area contributed by atoms with Crippen LogP contribution >= 0.6 is 0 Å². The maximum Gasteiger partial charge on any atom is 0.407 e. The largest absolute Gasteiger partial charge is 0.496 e. The Balaban J connectivity index is 0.000000213. The van der Waals surface area contributed by atoms with E-state index in [2.05, 4.69) is 97.3 Å². The minimum Gasteiger partial charge on any atom is -0.496 e. The van der Waals surface area contributed by atoms with Gasteiger partial charge in [0.05, 0.1) is 39.0 Å². The molecule has 60 heavy (non-hydrogen) atoms. The number of benzene rings is 5. The van der Waals surface area contributed by atoms with Crippen LogP contribution in [-0.4, -0.2) is 39.9 Å². The highest BCUT2D eigenvalue weighted by Crippen LogP contribution is 2.44. The first-order chi connectivity index (χ1) is 29.4. The quantitative estimate of drug-likeness (QED) is 0.0761. The summed E-state index contributed by atoms with van der Waals surface area (Å²) in [6.07, 6.45) is 13.1. The van der Waals surface area contributed by atoms with Crippen LogP contribution in [0.3, 0.4) is 0 Å². The summed E-state index contributed by atoms with van der Waals surface area (Å²) in [5, 5.41) is 5.81. The highest BCUT2D eigenvalue weighted by Gasteiger charge is 2.29. The predicted molar refractivity (Wildman–Crippen MR) is 240 cm³/mol. The van der Waals surface area contributed by atoms with E-state index in [-0.39, 0.29) is 25.1 Å². The van der Waals surface area contributed by atoms with Gasteiger partial charge in [-0.25, -0.2) is 4.79 Å². The maximum atomic E-state index is 12.6. The monoisotopic (exact) mass is 810 g/mol. The van der Waals surface area contributed by atoms with Crippen molar-refractivity contribution in [2.45, 2.75) is 102 Å². The normalized spacial score (nSPS) is 14.2. The van der Waals surface area contributed by atoms with Crippen LogP contribution in [0.4, 0.5) is 4.79 Å². The molecule has 8 nitrogen and oxygen atoms in total.